The van der Waals surface area contributed by atoms with Crippen molar-refractivity contribution >= 4 is 27.7 Å². The van der Waals surface area contributed by atoms with Crippen LogP contribution >= 0.6 is 15.9 Å². The van der Waals surface area contributed by atoms with Gasteiger partial charge in [0.25, 0.3) is 0 Å². The Balaban J connectivity index is 2.01. The van der Waals surface area contributed by atoms with Crippen LogP contribution in [0.25, 0.3) is 5.69 Å². The molecule has 7 heteroatoms. The van der Waals surface area contributed by atoms with Crippen LogP contribution in [0, 0.1) is 0 Å². The summed E-state index contributed by atoms with van der Waals surface area (Å²) in [5.41, 5.74) is 3.97. The number of hydrogen-bond acceptors (Lipinski definition) is 4. The lowest BCUT2D eigenvalue weighted by Crippen LogP contribution is -2.23. The van der Waals surface area contributed by atoms with E-state index in [1.54, 1.807) is 29.1 Å². The average molecular weight is 471 g/mol. The van der Waals surface area contributed by atoms with Crippen molar-refractivity contribution in [1.29, 1.82) is 0 Å². The highest BCUT2D eigenvalue weighted by atomic mass is 79.9. The number of rotatable bonds is 8. The zero-order valence-corrected chi connectivity index (χ0v) is 18.6. The number of nitrogens with zero attached hydrogens (tertiary/aromatic N) is 2. The van der Waals surface area contributed by atoms with Crippen LogP contribution in [-0.2, 0) is 17.6 Å². The van der Waals surface area contributed by atoms with Gasteiger partial charge in [0.1, 0.15) is 5.75 Å². The number of carboxylic acid groups (broad SMARTS) is 1. The van der Waals surface area contributed by atoms with Crippen LogP contribution in [0.1, 0.15) is 47.8 Å². The molecule has 1 aromatic heterocycles. The first-order valence-electron chi connectivity index (χ1n) is 9.75. The van der Waals surface area contributed by atoms with Gasteiger partial charge in [-0.05, 0) is 49.1 Å². The SMILES string of the molecule is CCc1cccc(CC)c1-n1cc(C(=O)c2cc(Br)ccc2OC(C)C(=O)O)cn1. The molecule has 3 aromatic rings. The van der Waals surface area contributed by atoms with Crippen LogP contribution < -0.4 is 4.74 Å². The van der Waals surface area contributed by atoms with Crippen molar-refractivity contribution in [2.45, 2.75) is 39.7 Å². The van der Waals surface area contributed by atoms with Crippen LogP contribution in [0.4, 0.5) is 0 Å². The molecular weight excluding hydrogens is 448 g/mol. The number of hydrogen-bond donors (Lipinski definition) is 1. The molecule has 0 saturated heterocycles. The summed E-state index contributed by atoms with van der Waals surface area (Å²) in [7, 11) is 0. The highest BCUT2D eigenvalue weighted by molar-refractivity contribution is 9.10. The third kappa shape index (κ3) is 4.46. The fourth-order valence-corrected chi connectivity index (χ4v) is 3.61. The standard InChI is InChI=1S/C23H23BrN2O4/c1-4-15-7-6-8-16(5-2)21(15)26-13-17(12-25-26)22(27)19-11-18(24)9-10-20(19)30-14(3)23(28)29/h6-14H,4-5H2,1-3H3,(H,28,29). The molecule has 1 heterocycles. The molecule has 30 heavy (non-hydrogen) atoms. The third-order valence-electron chi connectivity index (χ3n) is 4.88. The molecule has 1 N–H and O–H groups in total. The first-order chi connectivity index (χ1) is 14.3. The van der Waals surface area contributed by atoms with E-state index in [4.69, 9.17) is 9.84 Å². The maximum atomic E-state index is 13.2. The monoisotopic (exact) mass is 470 g/mol. The van der Waals surface area contributed by atoms with Crippen LogP contribution in [-0.4, -0.2) is 32.7 Å². The molecular formula is C23H23BrN2O4. The Hall–Kier alpha value is -2.93. The summed E-state index contributed by atoms with van der Waals surface area (Å²) in [5.74, 6) is -1.18. The van der Waals surface area contributed by atoms with E-state index in [9.17, 15) is 9.59 Å². The fourth-order valence-electron chi connectivity index (χ4n) is 3.25. The van der Waals surface area contributed by atoms with Crippen molar-refractivity contribution in [1.82, 2.24) is 9.78 Å². The van der Waals surface area contributed by atoms with Gasteiger partial charge >= 0.3 is 5.97 Å². The summed E-state index contributed by atoms with van der Waals surface area (Å²) in [6, 6.07) is 11.1. The summed E-state index contributed by atoms with van der Waals surface area (Å²) in [4.78, 5) is 24.4. The van der Waals surface area contributed by atoms with Crippen molar-refractivity contribution < 1.29 is 19.4 Å². The van der Waals surface area contributed by atoms with Crippen molar-refractivity contribution in [3.8, 4) is 11.4 Å². The Kier molecular flexibility index (Phi) is 6.72. The first-order valence-corrected chi connectivity index (χ1v) is 10.5. The van der Waals surface area contributed by atoms with E-state index >= 15 is 0 Å². The minimum absolute atomic E-state index is 0.217. The van der Waals surface area contributed by atoms with Gasteiger partial charge in [0, 0.05) is 10.7 Å². The summed E-state index contributed by atoms with van der Waals surface area (Å²) < 4.78 is 7.93. The maximum absolute atomic E-state index is 13.2. The molecule has 6 nitrogen and oxygen atoms in total. The van der Waals surface area contributed by atoms with Gasteiger partial charge in [-0.3, -0.25) is 4.79 Å². The van der Waals surface area contributed by atoms with Gasteiger partial charge in [-0.25, -0.2) is 9.48 Å². The molecule has 1 unspecified atom stereocenters. The number of halogens is 1. The quantitative estimate of drug-likeness (QED) is 0.476. The topological polar surface area (TPSA) is 81.4 Å². The second-order valence-corrected chi connectivity index (χ2v) is 7.79. The molecule has 0 radical (unpaired) electrons. The largest absolute Gasteiger partial charge is 0.479 e. The number of aryl methyl sites for hydroxylation is 2. The summed E-state index contributed by atoms with van der Waals surface area (Å²) in [6.07, 6.45) is 3.86. The van der Waals surface area contributed by atoms with E-state index in [0.717, 1.165) is 29.7 Å². The summed E-state index contributed by atoms with van der Waals surface area (Å²) >= 11 is 3.37. The third-order valence-corrected chi connectivity index (χ3v) is 5.37. The van der Waals surface area contributed by atoms with Gasteiger partial charge in [0.05, 0.1) is 23.0 Å². The Morgan fingerprint density at radius 3 is 2.43 bits per heavy atom. The minimum Gasteiger partial charge on any atom is -0.479 e. The van der Waals surface area contributed by atoms with E-state index in [2.05, 4.69) is 47.0 Å². The molecule has 0 spiro atoms. The lowest BCUT2D eigenvalue weighted by molar-refractivity contribution is -0.144. The fraction of sp³-hybridized carbons (Fsp3) is 0.261. The Bertz CT molecular complexity index is 1070. The van der Waals surface area contributed by atoms with Crippen molar-refractivity contribution in [2.24, 2.45) is 0 Å². The van der Waals surface area contributed by atoms with Gasteiger partial charge in [-0.15, -0.1) is 0 Å². The molecule has 0 amide bonds. The van der Waals surface area contributed by atoms with Gasteiger partial charge in [-0.2, -0.15) is 5.10 Å². The Labute approximate surface area is 183 Å². The van der Waals surface area contributed by atoms with Crippen molar-refractivity contribution in [3.63, 3.8) is 0 Å². The van der Waals surface area contributed by atoms with Gasteiger partial charge in [0.2, 0.25) is 0 Å². The summed E-state index contributed by atoms with van der Waals surface area (Å²) in [5, 5.41) is 13.6. The van der Waals surface area contributed by atoms with Crippen LogP contribution in [0.2, 0.25) is 0 Å². The number of aromatic nitrogens is 2. The molecule has 0 saturated carbocycles. The van der Waals surface area contributed by atoms with Gasteiger partial charge < -0.3 is 9.84 Å². The number of carboxylic acids is 1. The van der Waals surface area contributed by atoms with E-state index in [0.29, 0.717) is 10.0 Å². The number of aliphatic carboxylic acids is 1. The van der Waals surface area contributed by atoms with Crippen molar-refractivity contribution in [3.05, 3.63) is 75.5 Å². The maximum Gasteiger partial charge on any atom is 0.344 e. The second kappa shape index (κ2) is 9.26. The molecule has 3 rings (SSSR count). The molecule has 0 aliphatic heterocycles. The zero-order valence-electron chi connectivity index (χ0n) is 17.1. The number of ketones is 1. The Morgan fingerprint density at radius 1 is 1.17 bits per heavy atom. The predicted molar refractivity (Wildman–Crippen MR) is 118 cm³/mol. The molecule has 1 atom stereocenters. The van der Waals surface area contributed by atoms with Crippen LogP contribution in [0.3, 0.4) is 0 Å². The highest BCUT2D eigenvalue weighted by Gasteiger charge is 2.21. The van der Waals surface area contributed by atoms with E-state index < -0.39 is 12.1 Å². The van der Waals surface area contributed by atoms with Gasteiger partial charge in [-0.1, -0.05) is 48.0 Å². The smallest absolute Gasteiger partial charge is 0.344 e. The van der Waals surface area contributed by atoms with Crippen molar-refractivity contribution in [2.75, 3.05) is 0 Å². The molecule has 0 aliphatic carbocycles. The number of ether oxygens (including phenoxy) is 1. The number of carbonyl (C=O) groups excluding carboxylic acids is 1. The average Bonchev–Trinajstić information content (AvgIpc) is 3.23. The number of benzene rings is 2. The minimum atomic E-state index is -1.10. The number of carbonyl (C=O) groups is 2. The molecule has 0 fully saturated rings. The van der Waals surface area contributed by atoms with Crippen LogP contribution in [0.15, 0.2) is 53.3 Å². The van der Waals surface area contributed by atoms with E-state index in [1.807, 2.05) is 6.07 Å². The Morgan fingerprint density at radius 2 is 1.83 bits per heavy atom. The lowest BCUT2D eigenvalue weighted by atomic mass is 10.0. The van der Waals surface area contributed by atoms with Gasteiger partial charge in [0.15, 0.2) is 11.9 Å². The second-order valence-electron chi connectivity index (χ2n) is 6.87. The first kappa shape index (κ1) is 21.8. The number of para-hydroxylation sites is 1. The molecule has 0 aliphatic rings. The predicted octanol–water partition coefficient (Wildman–Crippen LogP) is 4.84. The lowest BCUT2D eigenvalue weighted by Gasteiger charge is -2.14. The van der Waals surface area contributed by atoms with Crippen LogP contribution in [0.5, 0.6) is 5.75 Å². The van der Waals surface area contributed by atoms with E-state index in [-0.39, 0.29) is 17.1 Å². The molecule has 0 bridgehead atoms. The zero-order chi connectivity index (χ0) is 21.8. The normalized spacial score (nSPS) is 11.9. The van der Waals surface area contributed by atoms with E-state index in [1.165, 1.54) is 13.1 Å². The highest BCUT2D eigenvalue weighted by Crippen LogP contribution is 2.28. The summed E-state index contributed by atoms with van der Waals surface area (Å²) in [6.45, 7) is 5.59. The molecule has 2 aromatic carbocycles. The molecule has 156 valence electrons.